The number of fused-ring (bicyclic) bond motifs is 4. The van der Waals surface area contributed by atoms with E-state index in [1.807, 2.05) is 6.07 Å². The van der Waals surface area contributed by atoms with E-state index in [0.717, 1.165) is 18.9 Å². The highest BCUT2D eigenvalue weighted by Gasteiger charge is 2.42. The molecule has 2 atom stereocenters. The summed E-state index contributed by atoms with van der Waals surface area (Å²) in [6.45, 7) is 10.1. The molecule has 3 aliphatic rings. The monoisotopic (exact) mass is 486 g/mol. The van der Waals surface area contributed by atoms with Gasteiger partial charge in [0.1, 0.15) is 11.6 Å². The second-order valence-electron chi connectivity index (χ2n) is 10.0. The van der Waals surface area contributed by atoms with Gasteiger partial charge in [0, 0.05) is 34.8 Å². The number of nitrogens with zero attached hydrogens (tertiary/aromatic N) is 2. The van der Waals surface area contributed by atoms with Gasteiger partial charge in [-0.2, -0.15) is 0 Å². The number of benzene rings is 2. The minimum absolute atomic E-state index is 0.00744. The number of aromatic nitrogens is 2. The van der Waals surface area contributed by atoms with Crippen molar-refractivity contribution < 1.29 is 13.2 Å². The molecule has 7 rings (SSSR count). The Morgan fingerprint density at radius 3 is 2.44 bits per heavy atom. The topological polar surface area (TPSA) is 45.1 Å². The van der Waals surface area contributed by atoms with Crippen LogP contribution in [-0.4, -0.2) is 16.0 Å². The van der Waals surface area contributed by atoms with Crippen LogP contribution >= 0.6 is 0 Å². The average Bonchev–Trinajstić information content (AvgIpc) is 3.31. The summed E-state index contributed by atoms with van der Waals surface area (Å²) in [5, 5.41) is 3.67. The first-order valence-electron chi connectivity index (χ1n) is 12.4. The Morgan fingerprint density at radius 2 is 1.75 bits per heavy atom. The minimum Gasteiger partial charge on any atom is -0.364 e. The van der Waals surface area contributed by atoms with Crippen LogP contribution in [0, 0.1) is 41.8 Å². The molecular formula is C29H25F3N4. The van der Waals surface area contributed by atoms with Crippen molar-refractivity contribution in [1.29, 1.82) is 0 Å². The molecule has 36 heavy (non-hydrogen) atoms. The van der Waals surface area contributed by atoms with Crippen LogP contribution in [0.5, 0.6) is 0 Å². The summed E-state index contributed by atoms with van der Waals surface area (Å²) in [5.74, 6) is -0.567. The molecule has 4 aromatic rings. The zero-order chi connectivity index (χ0) is 25.0. The summed E-state index contributed by atoms with van der Waals surface area (Å²) in [5.41, 5.74) is 1.35. The zero-order valence-corrected chi connectivity index (χ0v) is 19.8. The van der Waals surface area contributed by atoms with Crippen molar-refractivity contribution in [3.63, 3.8) is 0 Å². The van der Waals surface area contributed by atoms with Gasteiger partial charge in [-0.05, 0) is 55.1 Å². The molecule has 2 aromatic carbocycles. The highest BCUT2D eigenvalue weighted by Crippen LogP contribution is 2.48. The van der Waals surface area contributed by atoms with Gasteiger partial charge in [-0.15, -0.1) is 0 Å². The quantitative estimate of drug-likeness (QED) is 0.286. The molecule has 0 spiro atoms. The molecule has 2 heterocycles. The van der Waals surface area contributed by atoms with Crippen LogP contribution in [0.25, 0.3) is 38.1 Å². The SMILES string of the molecule is [C-]#[N+]c1c(-c2c[nH]c3c(F)cc(F)cc23)nc(NC2C3CCC(CC3)C2C)c(F)c1-c1ccccc1. The van der Waals surface area contributed by atoms with Crippen molar-refractivity contribution in [2.45, 2.75) is 38.6 Å². The van der Waals surface area contributed by atoms with E-state index in [-0.39, 0.29) is 39.7 Å². The Hall–Kier alpha value is -3.79. The molecule has 3 saturated carbocycles. The lowest BCUT2D eigenvalue weighted by atomic mass is 9.62. The van der Waals surface area contributed by atoms with Gasteiger partial charge in [-0.3, -0.25) is 0 Å². The van der Waals surface area contributed by atoms with Crippen molar-refractivity contribution in [3.8, 4) is 22.4 Å². The predicted molar refractivity (Wildman–Crippen MR) is 135 cm³/mol. The van der Waals surface area contributed by atoms with Gasteiger partial charge < -0.3 is 10.3 Å². The van der Waals surface area contributed by atoms with E-state index in [0.29, 0.717) is 28.9 Å². The summed E-state index contributed by atoms with van der Waals surface area (Å²) < 4.78 is 44.8. The second kappa shape index (κ2) is 8.70. The van der Waals surface area contributed by atoms with Crippen LogP contribution in [0.3, 0.4) is 0 Å². The van der Waals surface area contributed by atoms with Gasteiger partial charge in [0.15, 0.2) is 11.6 Å². The lowest BCUT2D eigenvalue weighted by Crippen LogP contribution is -2.47. The number of halogens is 3. The maximum absolute atomic E-state index is 16.2. The molecule has 0 radical (unpaired) electrons. The van der Waals surface area contributed by atoms with Crippen molar-refractivity contribution in [2.24, 2.45) is 17.8 Å². The third-order valence-electron chi connectivity index (χ3n) is 8.19. The fraction of sp³-hybridized carbons (Fsp3) is 0.310. The lowest BCUT2D eigenvalue weighted by Gasteiger charge is -2.47. The summed E-state index contributed by atoms with van der Waals surface area (Å²) in [6, 6.07) is 11.0. The maximum Gasteiger partial charge on any atom is 0.223 e. The van der Waals surface area contributed by atoms with Gasteiger partial charge in [0.2, 0.25) is 5.69 Å². The first kappa shape index (κ1) is 22.7. The van der Waals surface area contributed by atoms with Crippen molar-refractivity contribution >= 4 is 22.4 Å². The number of aromatic amines is 1. The minimum atomic E-state index is -0.739. The number of H-pyrrole nitrogens is 1. The third kappa shape index (κ3) is 3.55. The van der Waals surface area contributed by atoms with Gasteiger partial charge in [0.05, 0.1) is 17.8 Å². The van der Waals surface area contributed by atoms with E-state index in [1.54, 1.807) is 24.3 Å². The molecule has 0 aliphatic heterocycles. The van der Waals surface area contributed by atoms with Crippen LogP contribution in [0.15, 0.2) is 48.7 Å². The van der Waals surface area contributed by atoms with Gasteiger partial charge in [-0.25, -0.2) is 23.0 Å². The van der Waals surface area contributed by atoms with Crippen LogP contribution in [0.2, 0.25) is 0 Å². The van der Waals surface area contributed by atoms with Crippen LogP contribution in [-0.2, 0) is 0 Å². The molecule has 2 aromatic heterocycles. The molecule has 2 bridgehead atoms. The van der Waals surface area contributed by atoms with Crippen molar-refractivity contribution in [3.05, 3.63) is 77.5 Å². The standard InChI is InChI=1S/C29H25F3N4/c1-15-16-8-10-18(11-9-16)25(15)35-29-24(32)23(17-6-4-3-5-7-17)28(33-2)27(36-29)21-14-34-26-20(21)12-19(30)13-22(26)31/h3-7,12-16,18,25,34H,8-11H2,1H3,(H,35,36). The Balaban J connectivity index is 1.58. The molecule has 0 saturated heterocycles. The van der Waals surface area contributed by atoms with E-state index in [9.17, 15) is 8.78 Å². The second-order valence-corrected chi connectivity index (χ2v) is 10.0. The van der Waals surface area contributed by atoms with E-state index in [1.165, 1.54) is 25.1 Å². The number of hydrogen-bond acceptors (Lipinski definition) is 2. The normalized spacial score (nSPS) is 23.1. The number of anilines is 1. The first-order valence-corrected chi connectivity index (χ1v) is 12.4. The molecule has 0 amide bonds. The fourth-order valence-corrected chi connectivity index (χ4v) is 6.33. The fourth-order valence-electron chi connectivity index (χ4n) is 6.33. The molecular weight excluding hydrogens is 461 g/mol. The summed E-state index contributed by atoms with van der Waals surface area (Å²) >= 11 is 0. The summed E-state index contributed by atoms with van der Waals surface area (Å²) in [6.07, 6.45) is 6.11. The Labute approximate surface area is 207 Å². The highest BCUT2D eigenvalue weighted by molar-refractivity contribution is 6.01. The highest BCUT2D eigenvalue weighted by atomic mass is 19.1. The molecule has 7 heteroatoms. The maximum atomic E-state index is 16.2. The van der Waals surface area contributed by atoms with Crippen molar-refractivity contribution in [1.82, 2.24) is 9.97 Å². The number of hydrogen-bond donors (Lipinski definition) is 2. The Kier molecular flexibility index (Phi) is 5.48. The van der Waals surface area contributed by atoms with Crippen LogP contribution in [0.4, 0.5) is 24.7 Å². The van der Waals surface area contributed by atoms with E-state index in [2.05, 4.69) is 27.1 Å². The Morgan fingerprint density at radius 1 is 1.03 bits per heavy atom. The lowest BCUT2D eigenvalue weighted by molar-refractivity contribution is 0.0926. The molecule has 2 unspecified atom stereocenters. The van der Waals surface area contributed by atoms with Crippen LogP contribution < -0.4 is 5.32 Å². The number of rotatable bonds is 4. The molecule has 182 valence electrons. The van der Waals surface area contributed by atoms with Crippen molar-refractivity contribution in [2.75, 3.05) is 5.32 Å². The predicted octanol–water partition coefficient (Wildman–Crippen LogP) is 8.10. The largest absolute Gasteiger partial charge is 0.364 e. The number of pyridine rings is 1. The zero-order valence-electron chi connectivity index (χ0n) is 19.8. The van der Waals surface area contributed by atoms with Gasteiger partial charge in [0.25, 0.3) is 0 Å². The first-order chi connectivity index (χ1) is 17.5. The van der Waals surface area contributed by atoms with Gasteiger partial charge >= 0.3 is 0 Å². The molecule has 3 aliphatic carbocycles. The summed E-state index contributed by atoms with van der Waals surface area (Å²) in [4.78, 5) is 11.1. The van der Waals surface area contributed by atoms with E-state index >= 15 is 4.39 Å². The third-order valence-corrected chi connectivity index (χ3v) is 8.19. The van der Waals surface area contributed by atoms with E-state index in [4.69, 9.17) is 6.57 Å². The molecule has 4 nitrogen and oxygen atoms in total. The molecule has 2 N–H and O–H groups in total. The average molecular weight is 487 g/mol. The van der Waals surface area contributed by atoms with Crippen LogP contribution in [0.1, 0.15) is 32.6 Å². The molecule has 3 fully saturated rings. The smallest absolute Gasteiger partial charge is 0.223 e. The summed E-state index contributed by atoms with van der Waals surface area (Å²) in [7, 11) is 0. The Bertz CT molecular complexity index is 1490. The van der Waals surface area contributed by atoms with E-state index < -0.39 is 17.5 Å². The number of nitrogens with one attached hydrogen (secondary N) is 2. The van der Waals surface area contributed by atoms with Gasteiger partial charge in [-0.1, -0.05) is 37.3 Å².